The van der Waals surface area contributed by atoms with Gasteiger partial charge in [-0.2, -0.15) is 4.31 Å². The van der Waals surface area contributed by atoms with E-state index in [9.17, 15) is 31.8 Å². The Labute approximate surface area is 294 Å². The third-order valence-electron chi connectivity index (χ3n) is 9.55. The third kappa shape index (κ3) is 9.66. The minimum Gasteiger partial charge on any atom is -0.465 e. The molecule has 1 amide bonds. The minimum atomic E-state index is -4.24. The Morgan fingerprint density at radius 2 is 1.76 bits per heavy atom. The number of sulfonamides is 2. The lowest BCUT2D eigenvalue weighted by atomic mass is 9.86. The van der Waals surface area contributed by atoms with E-state index in [1.165, 1.54) is 27.4 Å². The van der Waals surface area contributed by atoms with E-state index >= 15 is 0 Å². The minimum absolute atomic E-state index is 0.0264. The van der Waals surface area contributed by atoms with Gasteiger partial charge in [0.15, 0.2) is 17.8 Å². The third-order valence-corrected chi connectivity index (χ3v) is 12.1. The molecule has 3 N–H and O–H groups in total. The van der Waals surface area contributed by atoms with Gasteiger partial charge in [0.05, 0.1) is 42.6 Å². The van der Waals surface area contributed by atoms with E-state index in [0.717, 1.165) is 18.2 Å². The van der Waals surface area contributed by atoms with Gasteiger partial charge in [-0.05, 0) is 48.8 Å². The van der Waals surface area contributed by atoms with E-state index in [0.29, 0.717) is 50.3 Å². The maximum atomic E-state index is 14.4. The lowest BCUT2D eigenvalue weighted by Crippen LogP contribution is -2.58. The number of hydrogen-bond acceptors (Lipinski definition) is 10. The van der Waals surface area contributed by atoms with Crippen molar-refractivity contribution in [1.29, 1.82) is 0 Å². The topological polar surface area (TPSA) is 181 Å². The summed E-state index contributed by atoms with van der Waals surface area (Å²) in [7, 11) is -7.52. The molecule has 2 fully saturated rings. The van der Waals surface area contributed by atoms with Crippen LogP contribution in [-0.2, 0) is 35.9 Å². The zero-order chi connectivity index (χ0) is 36.1. The Hall–Kier alpha value is -2.99. The largest absolute Gasteiger partial charge is 0.465 e. The monoisotopic (exact) mass is 739 g/mol. The number of carboxylic acid groups (broad SMARTS) is 1. The lowest BCUT2D eigenvalue weighted by Gasteiger charge is -2.40. The maximum absolute atomic E-state index is 14.4. The van der Waals surface area contributed by atoms with E-state index in [1.54, 1.807) is 0 Å². The van der Waals surface area contributed by atoms with E-state index < -0.39 is 56.0 Å². The van der Waals surface area contributed by atoms with Crippen LogP contribution in [0.1, 0.15) is 51.5 Å². The van der Waals surface area contributed by atoms with Crippen LogP contribution in [0.5, 0.6) is 11.5 Å². The van der Waals surface area contributed by atoms with Crippen LogP contribution in [0.2, 0.25) is 0 Å². The molecule has 2 saturated heterocycles. The average Bonchev–Trinajstić information content (AvgIpc) is 3.80. The fraction of sp³-hybridized carbons (Fsp3) is 0.618. The Morgan fingerprint density at radius 1 is 1.02 bits per heavy atom. The summed E-state index contributed by atoms with van der Waals surface area (Å²) < 4.78 is 77.7. The van der Waals surface area contributed by atoms with Crippen LogP contribution in [0.4, 0.5) is 4.79 Å². The summed E-state index contributed by atoms with van der Waals surface area (Å²) in [5.41, 5.74) is 0.222. The molecule has 2 aromatic rings. The van der Waals surface area contributed by atoms with Crippen molar-refractivity contribution >= 4 is 26.1 Å². The van der Waals surface area contributed by atoms with Crippen molar-refractivity contribution in [1.82, 2.24) is 13.9 Å². The number of unbranched alkanes of at least 4 members (excludes halogenated alkanes) is 2. The predicted octanol–water partition coefficient (Wildman–Crippen LogP) is 3.26. The van der Waals surface area contributed by atoms with Crippen LogP contribution in [0.25, 0.3) is 0 Å². The van der Waals surface area contributed by atoms with Gasteiger partial charge in [-0.15, -0.1) is 0 Å². The number of carbonyl (C=O) groups is 1. The first-order chi connectivity index (χ1) is 23.6. The molecular formula is C34H49N3O11S2. The highest BCUT2D eigenvalue weighted by atomic mass is 32.2. The first-order valence-corrected chi connectivity index (χ1v) is 20.3. The van der Waals surface area contributed by atoms with Crippen LogP contribution in [0.3, 0.4) is 0 Å². The molecule has 278 valence electrons. The molecule has 5 rings (SSSR count). The summed E-state index contributed by atoms with van der Waals surface area (Å²) in [4.78, 5) is 14.2. The van der Waals surface area contributed by atoms with Gasteiger partial charge in [0.25, 0.3) is 0 Å². The normalized spacial score (nSPS) is 21.7. The van der Waals surface area contributed by atoms with Gasteiger partial charge < -0.3 is 29.2 Å². The van der Waals surface area contributed by atoms with Crippen molar-refractivity contribution in [3.63, 3.8) is 0 Å². The second-order valence-electron chi connectivity index (χ2n) is 14.1. The summed E-state index contributed by atoms with van der Waals surface area (Å²) in [5.74, 6) is 0.507. The molecule has 3 heterocycles. The molecule has 5 atom stereocenters. The predicted molar refractivity (Wildman–Crippen MR) is 184 cm³/mol. The van der Waals surface area contributed by atoms with Gasteiger partial charge in [0.1, 0.15) is 0 Å². The number of nitrogens with zero attached hydrogens (tertiary/aromatic N) is 2. The number of rotatable bonds is 18. The Balaban J connectivity index is 1.42. The average molecular weight is 740 g/mol. The van der Waals surface area contributed by atoms with E-state index in [-0.39, 0.29) is 43.7 Å². The van der Waals surface area contributed by atoms with E-state index in [4.69, 9.17) is 18.9 Å². The summed E-state index contributed by atoms with van der Waals surface area (Å²) >= 11 is 0. The van der Waals surface area contributed by atoms with Crippen LogP contribution < -0.4 is 14.2 Å². The molecule has 0 bridgehead atoms. The molecule has 0 saturated carbocycles. The lowest BCUT2D eigenvalue weighted by molar-refractivity contribution is -0.0906. The molecule has 50 heavy (non-hydrogen) atoms. The molecule has 0 aliphatic carbocycles. The number of benzene rings is 2. The molecule has 2 aromatic carbocycles. The van der Waals surface area contributed by atoms with Crippen molar-refractivity contribution in [3.05, 3.63) is 54.1 Å². The second kappa shape index (κ2) is 16.1. The van der Waals surface area contributed by atoms with Gasteiger partial charge in [-0.3, -0.25) is 4.90 Å². The summed E-state index contributed by atoms with van der Waals surface area (Å²) in [5, 5.41) is 22.7. The van der Waals surface area contributed by atoms with Gasteiger partial charge >= 0.3 is 6.09 Å². The van der Waals surface area contributed by atoms with Crippen molar-refractivity contribution in [2.75, 3.05) is 45.9 Å². The Bertz CT molecular complexity index is 1670. The molecule has 0 unspecified atom stereocenters. The van der Waals surface area contributed by atoms with E-state index in [1.807, 2.05) is 44.2 Å². The summed E-state index contributed by atoms with van der Waals surface area (Å²) in [6, 6.07) is 12.0. The zero-order valence-corrected chi connectivity index (χ0v) is 30.4. The number of fused-ring (bicyclic) bond motifs is 2. The Morgan fingerprint density at radius 3 is 2.48 bits per heavy atom. The highest BCUT2D eigenvalue weighted by molar-refractivity contribution is 7.89. The van der Waals surface area contributed by atoms with Crippen LogP contribution in [-0.4, -0.2) is 113 Å². The first-order valence-electron chi connectivity index (χ1n) is 17.0. The van der Waals surface area contributed by atoms with Crippen LogP contribution in [0, 0.1) is 11.3 Å². The SMILES string of the molecule is CC(C)(CCCCCNS(C)(=O)=O)CN(C[C@@H](O)[C@H](Cc1ccccc1)N(C(=O)O)[C@H]1CO[C@H]2OCC[C@H]21)S(=O)(=O)c1ccc2c(c1)OCO2. The summed E-state index contributed by atoms with van der Waals surface area (Å²) in [6.07, 6.45) is 1.37. The molecule has 3 aliphatic rings. The molecule has 16 heteroatoms. The Kier molecular flexibility index (Phi) is 12.3. The molecule has 0 spiro atoms. The fourth-order valence-corrected chi connectivity index (χ4v) is 9.20. The first kappa shape index (κ1) is 38.2. The highest BCUT2D eigenvalue weighted by Crippen LogP contribution is 2.38. The molecule has 14 nitrogen and oxygen atoms in total. The van der Waals surface area contributed by atoms with Crippen LogP contribution >= 0.6 is 0 Å². The maximum Gasteiger partial charge on any atom is 0.407 e. The quantitative estimate of drug-likeness (QED) is 0.191. The van der Waals surface area contributed by atoms with Gasteiger partial charge in [-0.25, -0.2) is 26.4 Å². The number of amides is 1. The fourth-order valence-electron chi connectivity index (χ4n) is 7.02. The standard InChI is InChI=1S/C34H49N3O11S2/c1-34(2,15-8-5-9-16-35-49(3,41)42)22-36(50(43,44)25-12-13-30-31(19-25)48-23-47-30)20-29(38)27(18-24-10-6-4-7-11-24)37(33(39)40)28-21-46-32-26(28)14-17-45-32/h4,6-7,10-13,19,26-29,32,35,38H,5,8-9,14-18,20-23H2,1-3H3,(H,39,40)/t26-,27-,28-,29+,32+/m0/s1. The number of aliphatic hydroxyl groups excluding tert-OH is 1. The smallest absolute Gasteiger partial charge is 0.407 e. The highest BCUT2D eigenvalue weighted by Gasteiger charge is 2.49. The number of ether oxygens (including phenoxy) is 4. The molecule has 0 radical (unpaired) electrons. The molecule has 0 aromatic heterocycles. The molecular weight excluding hydrogens is 691 g/mol. The number of aliphatic hydroxyl groups is 1. The second-order valence-corrected chi connectivity index (χ2v) is 17.8. The van der Waals surface area contributed by atoms with Gasteiger partial charge in [0, 0.05) is 31.6 Å². The van der Waals surface area contributed by atoms with Crippen LogP contribution in [0.15, 0.2) is 53.4 Å². The van der Waals surface area contributed by atoms with Crippen molar-refractivity contribution in [2.24, 2.45) is 11.3 Å². The van der Waals surface area contributed by atoms with E-state index in [2.05, 4.69) is 4.72 Å². The molecule has 3 aliphatic heterocycles. The number of nitrogens with one attached hydrogen (secondary N) is 1. The van der Waals surface area contributed by atoms with Crippen molar-refractivity contribution < 1.29 is 50.8 Å². The van der Waals surface area contributed by atoms with Gasteiger partial charge in [-0.1, -0.05) is 57.0 Å². The summed E-state index contributed by atoms with van der Waals surface area (Å²) in [6.45, 7) is 4.36. The van der Waals surface area contributed by atoms with Crippen molar-refractivity contribution in [2.45, 2.75) is 81.7 Å². The zero-order valence-electron chi connectivity index (χ0n) is 28.8. The van der Waals surface area contributed by atoms with Crippen molar-refractivity contribution in [3.8, 4) is 11.5 Å². The number of hydrogen-bond donors (Lipinski definition) is 3. The van der Waals surface area contributed by atoms with Gasteiger partial charge in [0.2, 0.25) is 26.8 Å².